The summed E-state index contributed by atoms with van der Waals surface area (Å²) in [4.78, 5) is 13.5. The summed E-state index contributed by atoms with van der Waals surface area (Å²) in [5.74, 6) is -0.238. The van der Waals surface area contributed by atoms with Gasteiger partial charge in [-0.25, -0.2) is 0 Å². The van der Waals surface area contributed by atoms with Crippen LogP contribution < -0.4 is 5.32 Å². The highest BCUT2D eigenvalue weighted by molar-refractivity contribution is 5.76. The van der Waals surface area contributed by atoms with Crippen LogP contribution in [0, 0.1) is 0 Å². The average Bonchev–Trinajstić information content (AvgIpc) is 0.780. The minimum atomic E-state index is -1.97. The summed E-state index contributed by atoms with van der Waals surface area (Å²) >= 11 is 0. The smallest absolute Gasteiger partial charge is 0.220 e. The molecule has 3 rings (SSSR count). The van der Waals surface area contributed by atoms with Crippen LogP contribution >= 0.6 is 0 Å². The van der Waals surface area contributed by atoms with Gasteiger partial charge in [-0.05, 0) is 70.6 Å². The van der Waals surface area contributed by atoms with Crippen LogP contribution in [0.3, 0.4) is 0 Å². The molecule has 111 heavy (non-hydrogen) atoms. The second kappa shape index (κ2) is 71.1. The molecule has 3 aliphatic heterocycles. The molecule has 19 nitrogen and oxygen atoms in total. The van der Waals surface area contributed by atoms with Crippen molar-refractivity contribution >= 4 is 5.91 Å². The van der Waals surface area contributed by atoms with E-state index in [4.69, 9.17) is 28.4 Å². The number of nitrogens with one attached hydrogen (secondary N) is 1. The van der Waals surface area contributed by atoms with Crippen molar-refractivity contribution in [2.45, 2.75) is 465 Å². The minimum Gasteiger partial charge on any atom is -0.394 e. The molecule has 0 aromatic heterocycles. The number of amides is 1. The normalized spacial score (nSPS) is 25.4. The van der Waals surface area contributed by atoms with E-state index in [-0.39, 0.29) is 18.9 Å². The number of aliphatic hydroxyl groups is 11. The molecule has 0 bridgehead atoms. The van der Waals surface area contributed by atoms with Gasteiger partial charge < -0.3 is 89.9 Å². The van der Waals surface area contributed by atoms with Crippen LogP contribution in [0.25, 0.3) is 0 Å². The van der Waals surface area contributed by atoms with Crippen LogP contribution in [-0.2, 0) is 33.2 Å². The first kappa shape index (κ1) is 102. The molecule has 12 N–H and O–H groups in total. The number of carbonyl (C=O) groups is 1. The van der Waals surface area contributed by atoms with Crippen molar-refractivity contribution in [2.75, 3.05) is 26.4 Å². The number of allylic oxidation sites excluding steroid dienone is 14. The van der Waals surface area contributed by atoms with Gasteiger partial charge in [-0.1, -0.05) is 369 Å². The highest BCUT2D eigenvalue weighted by Gasteiger charge is 2.54. The SMILES string of the molecule is CC/C=C\C/C=C\C/C=C\C/C=C\C/C=C\C/C=C\C/C=C\CCCCCCCCCCCCCCCCCCCCCC(=O)NC(COC1OC(CO)C(OC2OC(CO)C(OC3OC(CO)C(O)C(O)C3O)C(O)C2O)C(O)C1O)C(O)CCCCCCCCCCCCCCCCCCCCCCCCCCC. The lowest BCUT2D eigenvalue weighted by atomic mass is 9.96. The molecule has 0 radical (unpaired) electrons. The number of unbranched alkanes of at least 4 members (excludes halogenated alkanes) is 43. The van der Waals surface area contributed by atoms with E-state index in [1.54, 1.807) is 0 Å². The summed E-state index contributed by atoms with van der Waals surface area (Å²) in [7, 11) is 0. The van der Waals surface area contributed by atoms with Gasteiger partial charge in [-0.2, -0.15) is 0 Å². The van der Waals surface area contributed by atoms with Crippen molar-refractivity contribution in [1.29, 1.82) is 0 Å². The Bertz CT molecular complexity index is 2330. The second-order valence-corrected chi connectivity index (χ2v) is 32.0. The highest BCUT2D eigenvalue weighted by Crippen LogP contribution is 2.34. The monoisotopic (exact) mass is 1570 g/mol. The molecule has 0 spiro atoms. The Morgan fingerprint density at radius 1 is 0.333 bits per heavy atom. The molecule has 0 saturated carbocycles. The van der Waals surface area contributed by atoms with Gasteiger partial charge in [-0.15, -0.1) is 0 Å². The van der Waals surface area contributed by atoms with E-state index in [0.29, 0.717) is 12.8 Å². The molecule has 0 aliphatic carbocycles. The molecule has 1 amide bonds. The average molecular weight is 1570 g/mol. The molecular weight excluding hydrogens is 1410 g/mol. The van der Waals surface area contributed by atoms with Crippen LogP contribution in [0.2, 0.25) is 0 Å². The number of rotatable bonds is 73. The van der Waals surface area contributed by atoms with Crippen molar-refractivity contribution in [3.63, 3.8) is 0 Å². The lowest BCUT2D eigenvalue weighted by Gasteiger charge is -2.48. The topological polar surface area (TPSA) is 307 Å². The third-order valence-electron chi connectivity index (χ3n) is 22.2. The summed E-state index contributed by atoms with van der Waals surface area (Å²) < 4.78 is 34.6. The third kappa shape index (κ3) is 49.7. The molecule has 17 atom stereocenters. The van der Waals surface area contributed by atoms with Crippen LogP contribution in [0.5, 0.6) is 0 Å². The van der Waals surface area contributed by atoms with Crippen LogP contribution in [0.15, 0.2) is 85.1 Å². The van der Waals surface area contributed by atoms with E-state index in [2.05, 4.69) is 104 Å². The van der Waals surface area contributed by atoms with Crippen molar-refractivity contribution in [2.24, 2.45) is 0 Å². The zero-order valence-corrected chi connectivity index (χ0v) is 69.7. The molecule has 646 valence electrons. The predicted octanol–water partition coefficient (Wildman–Crippen LogP) is 17.3. The van der Waals surface area contributed by atoms with E-state index in [1.165, 1.54) is 238 Å². The molecule has 3 heterocycles. The maximum Gasteiger partial charge on any atom is 0.220 e. The van der Waals surface area contributed by atoms with Crippen molar-refractivity contribution in [1.82, 2.24) is 5.32 Å². The van der Waals surface area contributed by atoms with Crippen molar-refractivity contribution < 1.29 is 89.4 Å². The Kier molecular flexibility index (Phi) is 65.4. The number of aliphatic hydroxyl groups excluding tert-OH is 11. The first-order chi connectivity index (χ1) is 54.3. The van der Waals surface area contributed by atoms with Crippen LogP contribution in [0.1, 0.15) is 361 Å². The molecule has 3 aliphatic rings. The van der Waals surface area contributed by atoms with E-state index >= 15 is 0 Å². The first-order valence-corrected chi connectivity index (χ1v) is 45.3. The van der Waals surface area contributed by atoms with Gasteiger partial charge in [0.05, 0.1) is 38.6 Å². The zero-order chi connectivity index (χ0) is 80.3. The minimum absolute atomic E-state index is 0.238. The number of ether oxygens (including phenoxy) is 6. The van der Waals surface area contributed by atoms with Gasteiger partial charge in [0.1, 0.15) is 73.2 Å². The Labute approximate surface area is 673 Å². The Hall–Kier alpha value is -3.03. The fourth-order valence-electron chi connectivity index (χ4n) is 15.1. The van der Waals surface area contributed by atoms with Gasteiger partial charge in [0.15, 0.2) is 18.9 Å². The van der Waals surface area contributed by atoms with E-state index in [0.717, 1.165) is 89.9 Å². The van der Waals surface area contributed by atoms with E-state index in [1.807, 2.05) is 0 Å². The summed E-state index contributed by atoms with van der Waals surface area (Å²) in [5, 5.41) is 121. The quantitative estimate of drug-likeness (QED) is 0.0199. The Morgan fingerprint density at radius 3 is 0.973 bits per heavy atom. The molecule has 0 aromatic carbocycles. The third-order valence-corrected chi connectivity index (χ3v) is 22.2. The van der Waals surface area contributed by atoms with Crippen molar-refractivity contribution in [3.8, 4) is 0 Å². The van der Waals surface area contributed by atoms with Gasteiger partial charge >= 0.3 is 0 Å². The summed E-state index contributed by atoms with van der Waals surface area (Å²) in [6.45, 7) is 1.74. The number of hydrogen-bond donors (Lipinski definition) is 12. The molecule has 19 heteroatoms. The van der Waals surface area contributed by atoms with Gasteiger partial charge in [0.2, 0.25) is 5.91 Å². The van der Waals surface area contributed by atoms with Gasteiger partial charge in [0.25, 0.3) is 0 Å². The van der Waals surface area contributed by atoms with E-state index < -0.39 is 124 Å². The highest BCUT2D eigenvalue weighted by atomic mass is 16.8. The fourth-order valence-corrected chi connectivity index (χ4v) is 15.1. The maximum absolute atomic E-state index is 13.5. The second-order valence-electron chi connectivity index (χ2n) is 32.0. The lowest BCUT2D eigenvalue weighted by Crippen LogP contribution is -2.66. The summed E-state index contributed by atoms with van der Waals surface area (Å²) in [5.41, 5.74) is 0. The molecule has 0 aromatic rings. The van der Waals surface area contributed by atoms with Crippen LogP contribution in [0.4, 0.5) is 0 Å². The molecular formula is C92H165NO18. The summed E-state index contributed by atoms with van der Waals surface area (Å²) in [6.07, 6.45) is 69.7. The van der Waals surface area contributed by atoms with Gasteiger partial charge in [0, 0.05) is 6.42 Å². The van der Waals surface area contributed by atoms with Gasteiger partial charge in [-0.3, -0.25) is 4.79 Å². The maximum atomic E-state index is 13.5. The molecule has 17 unspecified atom stereocenters. The largest absolute Gasteiger partial charge is 0.394 e. The standard InChI is InChI=1S/C92H165NO18/c1-3-5-7-9-11-13-15-17-19-21-23-25-27-29-30-31-32-33-34-35-36-37-38-39-40-41-42-43-44-46-48-50-52-54-56-58-60-62-64-66-68-70-80(98)93-75(76(97)69-67-65-63-61-59-57-55-53-51-49-47-45-28-26-24-22-20-18-16-14-12-10-8-6-4-2)74-106-90-86(104)83(101)88(78(72-95)108-90)111-92-87(105)84(102)89(79(73-96)109-92)110-91-85(103)82(100)81(99)77(71-94)107-91/h5,7,11,13,17,19,23,25,29-30,32-33,35-36,75-79,81-92,94-97,99-105H,3-4,6,8-10,12,14-16,18,20-22,24,26-28,31,34,37-74H2,1-2H3,(H,93,98)/b7-5-,13-11-,19-17-,25-23-,30-29-,33-32-,36-35-. The Morgan fingerprint density at radius 2 is 0.622 bits per heavy atom. The fraction of sp³-hybridized carbons (Fsp3) is 0.837. The lowest BCUT2D eigenvalue weighted by molar-refractivity contribution is -0.379. The Balaban J connectivity index is 1.30. The van der Waals surface area contributed by atoms with Crippen LogP contribution in [-0.4, -0.2) is 193 Å². The predicted molar refractivity (Wildman–Crippen MR) is 448 cm³/mol. The first-order valence-electron chi connectivity index (χ1n) is 45.3. The molecule has 3 saturated heterocycles. The zero-order valence-electron chi connectivity index (χ0n) is 69.7. The summed E-state index contributed by atoms with van der Waals surface area (Å²) in [6, 6.07) is -0.891. The molecule has 3 fully saturated rings. The number of carbonyl (C=O) groups excluding carboxylic acids is 1. The van der Waals surface area contributed by atoms with Crippen molar-refractivity contribution in [3.05, 3.63) is 85.1 Å². The number of hydrogen-bond acceptors (Lipinski definition) is 18. The van der Waals surface area contributed by atoms with E-state index in [9.17, 15) is 61.0 Å².